The Morgan fingerprint density at radius 3 is 1.20 bits per heavy atom. The fourth-order valence-electron chi connectivity index (χ4n) is 12.8. The predicted molar refractivity (Wildman–Crippen MR) is 342 cm³/mol. The Balaban J connectivity index is 0.850. The van der Waals surface area contributed by atoms with E-state index in [0.29, 0.717) is 0 Å². The molecule has 0 unspecified atom stereocenters. The predicted octanol–water partition coefficient (Wildman–Crippen LogP) is 23.0. The zero-order chi connectivity index (χ0) is 51.4. The standard InChI is InChI=1S/C72H40N2O2S3/c1-2-13-47-46(12-1)54-34-41(73(42-25-30-65-57(35-42)49-14-3-7-20-63(49)75-65)43-27-32-69-59(37-43)51-16-5-9-22-67(51)77-69)24-29-48(54)56-40-71-61(39-55(47)56)53-18-11-19-62(72(53)79-71)74(44-26-31-66-58(36-44)50-15-4-8-21-64(50)76-66)45-28-33-70-60(38-45)52-17-6-10-23-68(52)78-70/h1-40H. The first-order valence-electron chi connectivity index (χ1n) is 26.6. The highest BCUT2D eigenvalue weighted by Gasteiger charge is 2.24. The van der Waals surface area contributed by atoms with Gasteiger partial charge in [0.2, 0.25) is 0 Å². The molecule has 0 aliphatic heterocycles. The van der Waals surface area contributed by atoms with E-state index in [2.05, 4.69) is 240 Å². The Kier molecular flexibility index (Phi) is 9.11. The molecule has 18 rings (SSSR count). The van der Waals surface area contributed by atoms with Crippen LogP contribution in [0, 0.1) is 0 Å². The maximum atomic E-state index is 6.39. The van der Waals surface area contributed by atoms with Crippen molar-refractivity contribution in [3.05, 3.63) is 243 Å². The largest absolute Gasteiger partial charge is 0.456 e. The summed E-state index contributed by atoms with van der Waals surface area (Å²) in [6, 6.07) is 89.4. The minimum absolute atomic E-state index is 0.880. The lowest BCUT2D eigenvalue weighted by Crippen LogP contribution is -2.10. The summed E-state index contributed by atoms with van der Waals surface area (Å²) in [6.07, 6.45) is 0. The number of hydrogen-bond donors (Lipinski definition) is 0. The van der Waals surface area contributed by atoms with Gasteiger partial charge in [-0.2, -0.15) is 0 Å². The fourth-order valence-corrected chi connectivity index (χ4v) is 16.2. The second-order valence-corrected chi connectivity index (χ2v) is 23.9. The Labute approximate surface area is 463 Å². The van der Waals surface area contributed by atoms with E-state index in [0.717, 1.165) is 78.0 Å². The summed E-state index contributed by atoms with van der Waals surface area (Å²) in [6.45, 7) is 0. The molecule has 368 valence electrons. The molecule has 0 atom stereocenters. The van der Waals surface area contributed by atoms with Crippen molar-refractivity contribution in [1.82, 2.24) is 0 Å². The SMILES string of the molecule is c1ccc2c(c1)oc1ccc(N(c3ccc4sc5ccccc5c4c3)c3ccc4c(c3)c3ccccc3c3cc5c(cc43)sc3c(N(c4ccc6oc7ccccc7c6c4)c4ccc6sc7ccccc7c6c4)cccc35)cc12. The van der Waals surface area contributed by atoms with Crippen molar-refractivity contribution in [1.29, 1.82) is 0 Å². The van der Waals surface area contributed by atoms with Crippen LogP contribution < -0.4 is 9.80 Å². The summed E-state index contributed by atoms with van der Waals surface area (Å²) in [5.74, 6) is 0. The fraction of sp³-hybridized carbons (Fsp3) is 0. The van der Waals surface area contributed by atoms with Crippen LogP contribution in [-0.2, 0) is 0 Å². The molecule has 0 aliphatic carbocycles. The first-order chi connectivity index (χ1) is 39.1. The smallest absolute Gasteiger partial charge is 0.135 e. The lowest BCUT2D eigenvalue weighted by molar-refractivity contribution is 0.668. The highest BCUT2D eigenvalue weighted by atomic mass is 32.1. The van der Waals surface area contributed by atoms with Crippen LogP contribution in [0.5, 0.6) is 0 Å². The van der Waals surface area contributed by atoms with E-state index >= 15 is 0 Å². The zero-order valence-electron chi connectivity index (χ0n) is 42.0. The van der Waals surface area contributed by atoms with Gasteiger partial charge in [-0.25, -0.2) is 0 Å². The van der Waals surface area contributed by atoms with Gasteiger partial charge >= 0.3 is 0 Å². The second-order valence-electron chi connectivity index (χ2n) is 20.7. The number of anilines is 6. The molecular weight excluding hydrogens is 1020 g/mol. The Hall–Kier alpha value is -9.50. The van der Waals surface area contributed by atoms with Crippen LogP contribution in [0.25, 0.3) is 137 Å². The van der Waals surface area contributed by atoms with E-state index in [1.807, 2.05) is 46.1 Å². The maximum absolute atomic E-state index is 6.39. The molecule has 0 bridgehead atoms. The van der Waals surface area contributed by atoms with Gasteiger partial charge in [0.1, 0.15) is 22.3 Å². The molecule has 4 nitrogen and oxygen atoms in total. The van der Waals surface area contributed by atoms with E-state index in [9.17, 15) is 0 Å². The van der Waals surface area contributed by atoms with Gasteiger partial charge < -0.3 is 18.6 Å². The van der Waals surface area contributed by atoms with Crippen molar-refractivity contribution >= 4 is 205 Å². The minimum atomic E-state index is 0.880. The van der Waals surface area contributed by atoms with E-state index in [1.54, 1.807) is 0 Å². The number of furan rings is 2. The molecule has 0 N–H and O–H groups in total. The van der Waals surface area contributed by atoms with Gasteiger partial charge in [-0.15, -0.1) is 34.0 Å². The van der Waals surface area contributed by atoms with Crippen molar-refractivity contribution in [2.75, 3.05) is 9.80 Å². The number of benzene rings is 13. The van der Waals surface area contributed by atoms with E-state index in [1.165, 1.54) is 92.8 Å². The Morgan fingerprint density at radius 2 is 0.608 bits per heavy atom. The molecule has 0 saturated carbocycles. The first kappa shape index (κ1) is 43.6. The molecule has 79 heavy (non-hydrogen) atoms. The van der Waals surface area contributed by atoms with E-state index in [-0.39, 0.29) is 0 Å². The van der Waals surface area contributed by atoms with Crippen LogP contribution in [0.2, 0.25) is 0 Å². The molecule has 7 heteroatoms. The molecule has 0 spiro atoms. The summed E-state index contributed by atoms with van der Waals surface area (Å²) in [4.78, 5) is 4.90. The maximum Gasteiger partial charge on any atom is 0.135 e. The van der Waals surface area contributed by atoms with Crippen molar-refractivity contribution < 1.29 is 8.83 Å². The molecule has 0 amide bonds. The number of hydrogen-bond acceptors (Lipinski definition) is 7. The van der Waals surface area contributed by atoms with Gasteiger partial charge in [-0.3, -0.25) is 0 Å². The lowest BCUT2D eigenvalue weighted by Gasteiger charge is -2.26. The van der Waals surface area contributed by atoms with Gasteiger partial charge in [0.15, 0.2) is 0 Å². The number of rotatable bonds is 6. The van der Waals surface area contributed by atoms with Gasteiger partial charge in [0.05, 0.1) is 10.4 Å². The summed E-state index contributed by atoms with van der Waals surface area (Å²) in [7, 11) is 0. The highest BCUT2D eigenvalue weighted by Crippen LogP contribution is 2.51. The van der Waals surface area contributed by atoms with Gasteiger partial charge in [-0.1, -0.05) is 115 Å². The first-order valence-corrected chi connectivity index (χ1v) is 29.1. The average Bonchev–Trinajstić information content (AvgIpc) is 4.55. The van der Waals surface area contributed by atoms with Crippen LogP contribution >= 0.6 is 34.0 Å². The van der Waals surface area contributed by atoms with Gasteiger partial charge in [0, 0.05) is 106 Å². The van der Waals surface area contributed by atoms with Gasteiger partial charge in [-0.05, 0) is 160 Å². The monoisotopic (exact) mass is 1060 g/mol. The molecule has 5 aromatic heterocycles. The summed E-state index contributed by atoms with van der Waals surface area (Å²) in [5.41, 5.74) is 10.1. The Bertz CT molecular complexity index is 5390. The van der Waals surface area contributed by atoms with E-state index < -0.39 is 0 Å². The molecule has 0 fully saturated rings. The molecular formula is C72H40N2O2S3. The molecule has 5 heterocycles. The lowest BCUT2D eigenvalue weighted by atomic mass is 9.92. The topological polar surface area (TPSA) is 32.8 Å². The summed E-state index contributed by atoms with van der Waals surface area (Å²) >= 11 is 5.59. The quantitative estimate of drug-likeness (QED) is 0.155. The third-order valence-electron chi connectivity index (χ3n) is 16.4. The third kappa shape index (κ3) is 6.46. The van der Waals surface area contributed by atoms with Crippen LogP contribution in [-0.4, -0.2) is 0 Å². The van der Waals surface area contributed by atoms with Crippen molar-refractivity contribution in [2.45, 2.75) is 0 Å². The second kappa shape index (κ2) is 16.5. The van der Waals surface area contributed by atoms with Crippen LogP contribution in [0.15, 0.2) is 251 Å². The van der Waals surface area contributed by atoms with Crippen molar-refractivity contribution in [3.63, 3.8) is 0 Å². The van der Waals surface area contributed by atoms with Crippen LogP contribution in [0.4, 0.5) is 34.1 Å². The number of para-hydroxylation sites is 2. The third-order valence-corrected chi connectivity index (χ3v) is 19.9. The molecule has 0 saturated heterocycles. The molecule has 18 aromatic rings. The molecule has 0 radical (unpaired) electrons. The van der Waals surface area contributed by atoms with Crippen molar-refractivity contribution in [2.24, 2.45) is 0 Å². The minimum Gasteiger partial charge on any atom is -0.456 e. The van der Waals surface area contributed by atoms with Crippen LogP contribution in [0.1, 0.15) is 0 Å². The average molecular weight is 1060 g/mol. The Morgan fingerprint density at radius 1 is 0.215 bits per heavy atom. The van der Waals surface area contributed by atoms with E-state index in [4.69, 9.17) is 8.83 Å². The highest BCUT2D eigenvalue weighted by molar-refractivity contribution is 7.27. The zero-order valence-corrected chi connectivity index (χ0v) is 44.5. The number of nitrogens with zero attached hydrogens (tertiary/aromatic N) is 2. The molecule has 0 aliphatic rings. The van der Waals surface area contributed by atoms with Crippen molar-refractivity contribution in [3.8, 4) is 0 Å². The number of fused-ring (bicyclic) bond motifs is 21. The molecule has 13 aromatic carbocycles. The van der Waals surface area contributed by atoms with Gasteiger partial charge in [0.25, 0.3) is 0 Å². The number of thiophene rings is 3. The van der Waals surface area contributed by atoms with Crippen LogP contribution in [0.3, 0.4) is 0 Å². The normalized spacial score (nSPS) is 12.3. The summed E-state index contributed by atoms with van der Waals surface area (Å²) in [5, 5.41) is 19.4. The summed E-state index contributed by atoms with van der Waals surface area (Å²) < 4.78 is 20.4.